The average molecular weight is 451 g/mol. The maximum absolute atomic E-state index is 14.4. The van der Waals surface area contributed by atoms with Crippen molar-refractivity contribution < 1.29 is 33.8 Å². The lowest BCUT2D eigenvalue weighted by atomic mass is 9.53. The second-order valence-corrected chi connectivity index (χ2v) is 8.74. The Kier molecular flexibility index (Phi) is 3.51. The molecule has 6 heteroatoms. The Morgan fingerprint density at radius 3 is 1.70 bits per heavy atom. The lowest BCUT2D eigenvalue weighted by molar-refractivity contribution is -0.218. The van der Waals surface area contributed by atoms with Gasteiger partial charge in [0.1, 0.15) is 16.9 Å². The normalized spacial score (nSPS) is 28.6. The second-order valence-electron chi connectivity index (χ2n) is 8.74. The first-order valence-electron chi connectivity index (χ1n) is 13.3. The summed E-state index contributed by atoms with van der Waals surface area (Å²) >= 11 is 0. The Bertz CT molecular complexity index is 1290. The SMILES string of the molecule is [2H]Oc1ccc([C@H]2CC(O[2H])(OC([2H])([2H])[2H])C[C@@H](c3ccc(O[2H])cc3)C23C(=O)c2ccccc2C3=O)cc1. The molecule has 2 aliphatic rings. The molecule has 0 radical (unpaired) electrons. The first-order valence-corrected chi connectivity index (χ1v) is 10.6. The average Bonchev–Trinajstić information content (AvgIpc) is 3.16. The maximum Gasteiger partial charge on any atom is 0.293 e. The van der Waals surface area contributed by atoms with Gasteiger partial charge in [0.2, 0.25) is 1.43 Å². The van der Waals surface area contributed by atoms with Gasteiger partial charge in [-0.2, -0.15) is 0 Å². The van der Waals surface area contributed by atoms with E-state index in [2.05, 4.69) is 10.2 Å². The van der Waals surface area contributed by atoms with Gasteiger partial charge in [-0.3, -0.25) is 9.59 Å². The zero-order valence-electron chi connectivity index (χ0n) is 23.4. The van der Waals surface area contributed by atoms with Crippen molar-refractivity contribution in [2.24, 2.45) is 5.41 Å². The number of benzene rings is 3. The van der Waals surface area contributed by atoms with Gasteiger partial charge < -0.3 is 20.1 Å². The Hall–Kier alpha value is -3.48. The van der Waals surface area contributed by atoms with Crippen LogP contribution in [0.4, 0.5) is 0 Å². The van der Waals surface area contributed by atoms with Crippen molar-refractivity contribution in [1.82, 2.24) is 0 Å². The number of phenols is 2. The first-order chi connectivity index (χ1) is 18.6. The topological polar surface area (TPSA) is 104 Å². The highest BCUT2D eigenvalue weighted by Gasteiger charge is 2.66. The molecule has 1 saturated carbocycles. The second kappa shape index (κ2) is 7.54. The number of ketones is 2. The summed E-state index contributed by atoms with van der Waals surface area (Å²) in [4.78, 5) is 28.8. The van der Waals surface area contributed by atoms with E-state index in [0.717, 1.165) is 0 Å². The number of hydrogen-bond donors (Lipinski definition) is 3. The number of carbonyl (C=O) groups is 2. The smallest absolute Gasteiger partial charge is 0.293 e. The molecule has 3 aromatic carbocycles. The molecule has 1 spiro atoms. The molecule has 0 saturated heterocycles. The third kappa shape index (κ3) is 3.09. The summed E-state index contributed by atoms with van der Waals surface area (Å²) in [5.74, 6) is -4.37. The van der Waals surface area contributed by atoms with Crippen LogP contribution in [0.5, 0.6) is 11.5 Å². The van der Waals surface area contributed by atoms with Gasteiger partial charge in [0.15, 0.2) is 17.4 Å². The Morgan fingerprint density at radius 1 is 0.818 bits per heavy atom. The third-order valence-electron chi connectivity index (χ3n) is 7.05. The minimum atomic E-state index is -2.95. The first kappa shape index (κ1) is 15.4. The summed E-state index contributed by atoms with van der Waals surface area (Å²) in [5.41, 5.74) is -0.249. The van der Waals surface area contributed by atoms with Crippen molar-refractivity contribution in [2.45, 2.75) is 30.5 Å². The predicted molar refractivity (Wildman–Crippen MR) is 120 cm³/mol. The van der Waals surface area contributed by atoms with Crippen molar-refractivity contribution in [1.29, 1.82) is 4.29 Å². The van der Waals surface area contributed by atoms with Gasteiger partial charge in [-0.15, -0.1) is 0 Å². The summed E-state index contributed by atoms with van der Waals surface area (Å²) < 4.78 is 51.0. The lowest BCUT2D eigenvalue weighted by Gasteiger charge is -2.50. The maximum atomic E-state index is 14.4. The molecule has 3 aromatic rings. The molecule has 0 bridgehead atoms. The monoisotopic (exact) mass is 450 g/mol. The molecule has 0 aromatic heterocycles. The molecule has 5 rings (SSSR count). The number of ether oxygens (including phenoxy) is 1. The highest BCUT2D eigenvalue weighted by atomic mass is 16.6. The number of carbonyl (C=O) groups excluding carboxylic acids is 2. The minimum absolute atomic E-state index is 0.222. The third-order valence-corrected chi connectivity index (χ3v) is 7.05. The fraction of sp³-hybridized carbons (Fsp3) is 0.259. The molecule has 1 unspecified atom stereocenters. The molecule has 3 atom stereocenters. The fourth-order valence-electron chi connectivity index (χ4n) is 5.58. The van der Waals surface area contributed by atoms with Gasteiger partial charge in [-0.25, -0.2) is 0 Å². The van der Waals surface area contributed by atoms with Crippen molar-refractivity contribution in [3.8, 4) is 11.5 Å². The van der Waals surface area contributed by atoms with Crippen molar-refractivity contribution in [3.63, 3.8) is 0 Å². The summed E-state index contributed by atoms with van der Waals surface area (Å²) in [7, 11) is -2.95. The van der Waals surface area contributed by atoms with Crippen LogP contribution in [0, 0.1) is 5.41 Å². The molecule has 168 valence electrons. The van der Waals surface area contributed by atoms with Gasteiger partial charge in [-0.05, 0) is 35.4 Å². The number of rotatable bonds is 6. The summed E-state index contributed by atoms with van der Waals surface area (Å²) in [5, 5.41) is 14.1. The number of methoxy groups -OCH3 is 1. The summed E-state index contributed by atoms with van der Waals surface area (Å²) in [6, 6.07) is 18.9. The van der Waals surface area contributed by atoms with Crippen LogP contribution < -0.4 is 0 Å². The lowest BCUT2D eigenvalue weighted by Crippen LogP contribution is -2.55. The van der Waals surface area contributed by atoms with Crippen LogP contribution in [-0.2, 0) is 4.74 Å². The Labute approximate surface area is 199 Å². The number of Topliss-reactive ketones (excluding diaryl/α,β-unsaturated/α-hetero) is 2. The van der Waals surface area contributed by atoms with Crippen LogP contribution in [0.3, 0.4) is 0 Å². The molecule has 0 amide bonds. The largest absolute Gasteiger partial charge is 0.508 e. The number of phenolic OH excluding ortho intramolecular Hbond substituents is 2. The molecule has 1 fully saturated rings. The molecule has 2 aliphatic carbocycles. The van der Waals surface area contributed by atoms with E-state index in [9.17, 15) is 9.59 Å². The van der Waals surface area contributed by atoms with Crippen molar-refractivity contribution >= 4 is 11.6 Å². The van der Waals surface area contributed by atoms with E-state index in [-0.39, 0.29) is 35.5 Å². The standard InChI is InChI=1S/C27H24O6/c1-33-26(32)14-22(16-6-10-18(28)11-7-16)27(23(15-26)17-8-12-19(29)13-9-17)24(30)20-4-2-3-5-21(20)25(27)31/h2-13,22-23,28-29,32H,14-15H2,1H3/t22-,23+,26?/i1D3,32D/hD2. The van der Waals surface area contributed by atoms with Crippen LogP contribution in [-0.4, -0.2) is 44.0 Å². The Balaban J connectivity index is 1.79. The van der Waals surface area contributed by atoms with Gasteiger partial charge in [-0.1, -0.05) is 48.5 Å². The summed E-state index contributed by atoms with van der Waals surface area (Å²) in [6.07, 6.45) is -0.572. The van der Waals surface area contributed by atoms with Crippen molar-refractivity contribution in [3.05, 3.63) is 95.1 Å². The van der Waals surface area contributed by atoms with E-state index in [1.54, 1.807) is 48.5 Å². The highest BCUT2D eigenvalue weighted by Crippen LogP contribution is 2.62. The van der Waals surface area contributed by atoms with E-state index in [1.165, 1.54) is 24.3 Å². The van der Waals surface area contributed by atoms with Crippen LogP contribution in [0.2, 0.25) is 0 Å². The van der Waals surface area contributed by atoms with Gasteiger partial charge in [0.25, 0.3) is 2.86 Å². The molecular formula is C27H24O6. The fourth-order valence-corrected chi connectivity index (χ4v) is 5.58. The van der Waals surface area contributed by atoms with Crippen LogP contribution in [0.1, 0.15) is 60.6 Å². The van der Waals surface area contributed by atoms with E-state index in [4.69, 9.17) is 18.3 Å². The zero-order valence-corrected chi connectivity index (χ0v) is 17.4. The molecule has 3 N–H and O–H groups in total. The van der Waals surface area contributed by atoms with E-state index >= 15 is 0 Å². The van der Waals surface area contributed by atoms with E-state index < -0.39 is 41.6 Å². The van der Waals surface area contributed by atoms with Crippen LogP contribution >= 0.6 is 0 Å². The molecule has 0 heterocycles. The van der Waals surface area contributed by atoms with E-state index in [0.29, 0.717) is 11.1 Å². The molecule has 6 nitrogen and oxygen atoms in total. The predicted octanol–water partition coefficient (Wildman–Crippen LogP) is 4.16. The zero-order chi connectivity index (χ0) is 28.0. The molecule has 33 heavy (non-hydrogen) atoms. The number of aromatic hydroxyl groups is 2. The number of hydrogen-bond acceptors (Lipinski definition) is 6. The number of fused-ring (bicyclic) bond motifs is 1. The van der Waals surface area contributed by atoms with Gasteiger partial charge in [0.05, 0.1) is 4.11 Å². The molecule has 0 aliphatic heterocycles. The quantitative estimate of drug-likeness (QED) is 0.385. The van der Waals surface area contributed by atoms with E-state index in [1.807, 2.05) is 0 Å². The van der Waals surface area contributed by atoms with Gasteiger partial charge in [0, 0.05) is 42.8 Å². The number of aliphatic hydroxyl groups is 1. The van der Waals surface area contributed by atoms with Gasteiger partial charge >= 0.3 is 0 Å². The van der Waals surface area contributed by atoms with Crippen molar-refractivity contribution in [2.75, 3.05) is 7.04 Å². The van der Waals surface area contributed by atoms with Crippen LogP contribution in [0.15, 0.2) is 72.8 Å². The summed E-state index contributed by atoms with van der Waals surface area (Å²) in [6.45, 7) is 0. The highest BCUT2D eigenvalue weighted by molar-refractivity contribution is 6.30. The van der Waals surface area contributed by atoms with Crippen LogP contribution in [0.25, 0.3) is 0 Å². The molecular weight excluding hydrogens is 420 g/mol. The Morgan fingerprint density at radius 2 is 1.30 bits per heavy atom. The minimum Gasteiger partial charge on any atom is -0.508 e.